The Labute approximate surface area is 112 Å². The average Bonchev–Trinajstić information content (AvgIpc) is 2.71. The van der Waals surface area contributed by atoms with Gasteiger partial charge in [0.1, 0.15) is 6.33 Å². The molecule has 1 heterocycles. The maximum Gasteiger partial charge on any atom is 0.100 e. The van der Waals surface area contributed by atoms with Crippen LogP contribution in [0.25, 0.3) is 16.7 Å². The van der Waals surface area contributed by atoms with Crippen LogP contribution < -0.4 is 5.73 Å². The molecule has 0 radical (unpaired) electrons. The van der Waals surface area contributed by atoms with Crippen LogP contribution in [0.15, 0.2) is 36.7 Å². The van der Waals surface area contributed by atoms with Crippen molar-refractivity contribution in [3.63, 3.8) is 0 Å². The molecule has 0 aliphatic carbocycles. The van der Waals surface area contributed by atoms with E-state index in [1.54, 1.807) is 0 Å². The number of benzene rings is 2. The van der Waals surface area contributed by atoms with Crippen LogP contribution in [-0.4, -0.2) is 9.55 Å². The van der Waals surface area contributed by atoms with E-state index in [0.717, 1.165) is 28.0 Å². The third-order valence-corrected chi connectivity index (χ3v) is 3.53. The van der Waals surface area contributed by atoms with E-state index in [9.17, 15) is 0 Å². The summed E-state index contributed by atoms with van der Waals surface area (Å²) in [6.45, 7) is 6.28. The molecule has 0 spiro atoms. The van der Waals surface area contributed by atoms with Crippen molar-refractivity contribution in [1.82, 2.24) is 9.55 Å². The lowest BCUT2D eigenvalue weighted by Crippen LogP contribution is -1.96. The summed E-state index contributed by atoms with van der Waals surface area (Å²) < 4.78 is 2.09. The van der Waals surface area contributed by atoms with Crippen molar-refractivity contribution in [3.05, 3.63) is 53.3 Å². The summed E-state index contributed by atoms with van der Waals surface area (Å²) in [6.07, 6.45) is 1.86. The molecule has 3 aromatic rings. The standard InChI is InChI=1S/C16H17N3/c1-10-4-13(17)8-14(5-10)19-9-18-15-6-11(2)12(3)7-16(15)19/h4-9H,17H2,1-3H3. The molecule has 0 atom stereocenters. The molecule has 2 aromatic carbocycles. The number of aromatic nitrogens is 2. The van der Waals surface area contributed by atoms with Gasteiger partial charge in [-0.15, -0.1) is 0 Å². The van der Waals surface area contributed by atoms with Crippen LogP contribution in [0.2, 0.25) is 0 Å². The van der Waals surface area contributed by atoms with Crippen LogP contribution in [0.5, 0.6) is 0 Å². The molecule has 2 N–H and O–H groups in total. The molecule has 19 heavy (non-hydrogen) atoms. The molecule has 0 aliphatic rings. The monoisotopic (exact) mass is 251 g/mol. The van der Waals surface area contributed by atoms with E-state index in [-0.39, 0.29) is 0 Å². The molecule has 0 saturated carbocycles. The Morgan fingerprint density at radius 2 is 1.68 bits per heavy atom. The van der Waals surface area contributed by atoms with Gasteiger partial charge in [0.2, 0.25) is 0 Å². The van der Waals surface area contributed by atoms with Crippen molar-refractivity contribution >= 4 is 16.7 Å². The van der Waals surface area contributed by atoms with Crippen molar-refractivity contribution in [2.45, 2.75) is 20.8 Å². The second kappa shape index (κ2) is 4.12. The van der Waals surface area contributed by atoms with E-state index in [1.165, 1.54) is 11.1 Å². The average molecular weight is 251 g/mol. The van der Waals surface area contributed by atoms with Crippen LogP contribution in [-0.2, 0) is 0 Å². The molecular weight excluding hydrogens is 234 g/mol. The van der Waals surface area contributed by atoms with Gasteiger partial charge in [0.05, 0.1) is 11.0 Å². The minimum absolute atomic E-state index is 0.778. The highest BCUT2D eigenvalue weighted by Gasteiger charge is 2.07. The van der Waals surface area contributed by atoms with Gasteiger partial charge in [-0.25, -0.2) is 4.98 Å². The van der Waals surface area contributed by atoms with Gasteiger partial charge in [-0.2, -0.15) is 0 Å². The summed E-state index contributed by atoms with van der Waals surface area (Å²) in [4.78, 5) is 4.48. The number of nitrogens with zero attached hydrogens (tertiary/aromatic N) is 2. The van der Waals surface area contributed by atoms with Gasteiger partial charge >= 0.3 is 0 Å². The minimum atomic E-state index is 0.778. The van der Waals surface area contributed by atoms with E-state index < -0.39 is 0 Å². The lowest BCUT2D eigenvalue weighted by molar-refractivity contribution is 1.09. The first-order valence-corrected chi connectivity index (χ1v) is 6.36. The zero-order chi connectivity index (χ0) is 13.6. The molecule has 0 saturated heterocycles. The molecule has 0 amide bonds. The van der Waals surface area contributed by atoms with Crippen LogP contribution in [0.3, 0.4) is 0 Å². The predicted octanol–water partition coefficient (Wildman–Crippen LogP) is 3.53. The molecule has 3 nitrogen and oxygen atoms in total. The summed E-state index contributed by atoms with van der Waals surface area (Å²) in [5.74, 6) is 0. The van der Waals surface area contributed by atoms with E-state index in [4.69, 9.17) is 5.73 Å². The fourth-order valence-corrected chi connectivity index (χ4v) is 2.40. The predicted molar refractivity (Wildman–Crippen MR) is 79.7 cm³/mol. The Morgan fingerprint density at radius 3 is 2.42 bits per heavy atom. The molecule has 0 fully saturated rings. The number of hydrogen-bond donors (Lipinski definition) is 1. The Bertz CT molecular complexity index is 749. The van der Waals surface area contributed by atoms with Crippen LogP contribution >= 0.6 is 0 Å². The van der Waals surface area contributed by atoms with E-state index in [0.29, 0.717) is 0 Å². The Hall–Kier alpha value is -2.29. The lowest BCUT2D eigenvalue weighted by atomic mass is 10.1. The normalized spacial score (nSPS) is 11.1. The summed E-state index contributed by atoms with van der Waals surface area (Å²) >= 11 is 0. The second-order valence-corrected chi connectivity index (χ2v) is 5.14. The minimum Gasteiger partial charge on any atom is -0.399 e. The van der Waals surface area contributed by atoms with Gasteiger partial charge in [-0.1, -0.05) is 0 Å². The molecule has 3 rings (SSSR count). The number of fused-ring (bicyclic) bond motifs is 1. The first-order valence-electron chi connectivity index (χ1n) is 6.36. The number of imidazole rings is 1. The smallest absolute Gasteiger partial charge is 0.100 e. The van der Waals surface area contributed by atoms with Crippen molar-refractivity contribution < 1.29 is 0 Å². The second-order valence-electron chi connectivity index (χ2n) is 5.14. The molecule has 96 valence electrons. The summed E-state index contributed by atoms with van der Waals surface area (Å²) in [7, 11) is 0. The summed E-state index contributed by atoms with van der Waals surface area (Å²) in [6, 6.07) is 10.4. The quantitative estimate of drug-likeness (QED) is 0.672. The van der Waals surface area contributed by atoms with Gasteiger partial charge in [-0.3, -0.25) is 4.57 Å². The molecule has 3 heteroatoms. The third-order valence-electron chi connectivity index (χ3n) is 3.53. The number of hydrogen-bond acceptors (Lipinski definition) is 2. The van der Waals surface area contributed by atoms with Gasteiger partial charge in [-0.05, 0) is 67.8 Å². The summed E-state index contributed by atoms with van der Waals surface area (Å²) in [5, 5.41) is 0. The van der Waals surface area contributed by atoms with Crippen LogP contribution in [0, 0.1) is 20.8 Å². The maximum atomic E-state index is 5.93. The highest BCUT2D eigenvalue weighted by atomic mass is 15.0. The van der Waals surface area contributed by atoms with Crippen LogP contribution in [0.1, 0.15) is 16.7 Å². The maximum absolute atomic E-state index is 5.93. The van der Waals surface area contributed by atoms with Crippen molar-refractivity contribution in [2.75, 3.05) is 5.73 Å². The third kappa shape index (κ3) is 1.97. The van der Waals surface area contributed by atoms with E-state index in [1.807, 2.05) is 25.4 Å². The Kier molecular flexibility index (Phi) is 2.56. The molecule has 0 aliphatic heterocycles. The molecular formula is C16H17N3. The highest BCUT2D eigenvalue weighted by Crippen LogP contribution is 2.23. The Morgan fingerprint density at radius 1 is 0.947 bits per heavy atom. The van der Waals surface area contributed by atoms with Crippen molar-refractivity contribution in [2.24, 2.45) is 0 Å². The topological polar surface area (TPSA) is 43.8 Å². The number of aryl methyl sites for hydroxylation is 3. The first kappa shape index (κ1) is 11.8. The largest absolute Gasteiger partial charge is 0.399 e. The zero-order valence-corrected chi connectivity index (χ0v) is 11.4. The molecule has 0 unspecified atom stereocenters. The fourth-order valence-electron chi connectivity index (χ4n) is 2.40. The van der Waals surface area contributed by atoms with Gasteiger partial charge < -0.3 is 5.73 Å². The van der Waals surface area contributed by atoms with Gasteiger partial charge in [0, 0.05) is 11.4 Å². The highest BCUT2D eigenvalue weighted by molar-refractivity contribution is 5.79. The number of anilines is 1. The Balaban J connectivity index is 2.28. The van der Waals surface area contributed by atoms with Gasteiger partial charge in [0.25, 0.3) is 0 Å². The van der Waals surface area contributed by atoms with E-state index in [2.05, 4.69) is 41.6 Å². The molecule has 1 aromatic heterocycles. The molecule has 0 bridgehead atoms. The number of nitrogen functional groups attached to an aromatic ring is 1. The lowest BCUT2D eigenvalue weighted by Gasteiger charge is -2.08. The van der Waals surface area contributed by atoms with Crippen LogP contribution in [0.4, 0.5) is 5.69 Å². The van der Waals surface area contributed by atoms with Crippen molar-refractivity contribution in [1.29, 1.82) is 0 Å². The van der Waals surface area contributed by atoms with Crippen molar-refractivity contribution in [3.8, 4) is 5.69 Å². The summed E-state index contributed by atoms with van der Waals surface area (Å²) in [5.41, 5.74) is 13.6. The zero-order valence-electron chi connectivity index (χ0n) is 11.4. The van der Waals surface area contributed by atoms with E-state index >= 15 is 0 Å². The van der Waals surface area contributed by atoms with Gasteiger partial charge in [0.15, 0.2) is 0 Å². The first-order chi connectivity index (χ1) is 9.04. The number of nitrogens with two attached hydrogens (primary N) is 1. The SMILES string of the molecule is Cc1cc(N)cc(-n2cnc3cc(C)c(C)cc32)c1. The number of rotatable bonds is 1. The fraction of sp³-hybridized carbons (Fsp3) is 0.188.